The highest BCUT2D eigenvalue weighted by Gasteiger charge is 2.24. The van der Waals surface area contributed by atoms with Crippen LogP contribution in [0.5, 0.6) is 0 Å². The molecule has 0 saturated heterocycles. The average Bonchev–Trinajstić information content (AvgIpc) is 3.17. The highest BCUT2D eigenvalue weighted by molar-refractivity contribution is 5.92. The fourth-order valence-electron chi connectivity index (χ4n) is 2.27. The van der Waals surface area contributed by atoms with E-state index < -0.39 is 48.4 Å². The second kappa shape index (κ2) is 11.0. The van der Waals surface area contributed by atoms with E-state index in [9.17, 15) is 24.3 Å². The highest BCUT2D eigenvalue weighted by atomic mass is 16.4. The number of nitrogens with one attached hydrogen (secondary N) is 4. The van der Waals surface area contributed by atoms with E-state index in [1.165, 1.54) is 19.4 Å². The van der Waals surface area contributed by atoms with Gasteiger partial charge in [0.25, 0.3) is 0 Å². The maximum absolute atomic E-state index is 12.0. The number of aromatic nitrogens is 2. The van der Waals surface area contributed by atoms with Gasteiger partial charge in [-0.15, -0.1) is 0 Å². The summed E-state index contributed by atoms with van der Waals surface area (Å²) < 4.78 is 0. The Balaban J connectivity index is 2.46. The number of hydrogen-bond acceptors (Lipinski definition) is 6. The van der Waals surface area contributed by atoms with Crippen LogP contribution in [-0.2, 0) is 25.6 Å². The molecular weight excluding hydrogens is 368 g/mol. The zero-order valence-corrected chi connectivity index (χ0v) is 16.2. The first-order valence-corrected chi connectivity index (χ1v) is 8.98. The van der Waals surface area contributed by atoms with Gasteiger partial charge in [0.05, 0.1) is 18.9 Å². The normalized spacial score (nSPS) is 15.0. The van der Waals surface area contributed by atoms with E-state index in [2.05, 4.69) is 25.9 Å². The van der Waals surface area contributed by atoms with Crippen LogP contribution in [0.2, 0.25) is 0 Å². The Morgan fingerprint density at radius 1 is 1.21 bits per heavy atom. The fourth-order valence-corrected chi connectivity index (χ4v) is 2.27. The molecule has 7 N–H and O–H groups in total. The molecule has 0 bridgehead atoms. The minimum absolute atomic E-state index is 0.0228. The third-order valence-electron chi connectivity index (χ3n) is 4.35. The minimum atomic E-state index is -1.21. The molecule has 28 heavy (non-hydrogen) atoms. The van der Waals surface area contributed by atoms with E-state index in [-0.39, 0.29) is 12.3 Å². The van der Waals surface area contributed by atoms with Crippen LogP contribution in [0.25, 0.3) is 0 Å². The molecule has 0 aliphatic carbocycles. The summed E-state index contributed by atoms with van der Waals surface area (Å²) in [6.45, 7) is 4.78. The lowest BCUT2D eigenvalue weighted by Gasteiger charge is -2.21. The van der Waals surface area contributed by atoms with Crippen LogP contribution in [0.15, 0.2) is 12.5 Å². The van der Waals surface area contributed by atoms with Crippen molar-refractivity contribution in [3.63, 3.8) is 0 Å². The number of nitrogens with zero attached hydrogens (tertiary/aromatic N) is 1. The van der Waals surface area contributed by atoms with Crippen LogP contribution in [0.4, 0.5) is 0 Å². The molecule has 3 amide bonds. The number of aliphatic carboxylic acids is 1. The van der Waals surface area contributed by atoms with Gasteiger partial charge in [-0.3, -0.25) is 14.4 Å². The lowest BCUT2D eigenvalue weighted by molar-refractivity contribution is -0.141. The van der Waals surface area contributed by atoms with Crippen LogP contribution in [0.3, 0.4) is 0 Å². The number of rotatable bonds is 11. The van der Waals surface area contributed by atoms with E-state index in [0.717, 1.165) is 6.42 Å². The Hall–Kier alpha value is -2.95. The Labute approximate surface area is 162 Å². The SMILES string of the molecule is CC[C@H](C)[C@H](N)C(=O)N[C@@H](C)C(=O)NCC(=O)N[C@@H](Cc1cnc[nH]1)C(=O)O. The van der Waals surface area contributed by atoms with Gasteiger partial charge in [-0.1, -0.05) is 20.3 Å². The van der Waals surface area contributed by atoms with E-state index in [0.29, 0.717) is 5.69 Å². The van der Waals surface area contributed by atoms with Crippen LogP contribution in [-0.4, -0.2) is 63.4 Å². The number of nitrogens with two attached hydrogens (primary N) is 1. The van der Waals surface area contributed by atoms with Crippen molar-refractivity contribution in [1.82, 2.24) is 25.9 Å². The summed E-state index contributed by atoms with van der Waals surface area (Å²) in [6.07, 6.45) is 3.60. The lowest BCUT2D eigenvalue weighted by atomic mass is 9.99. The molecule has 1 rings (SSSR count). The van der Waals surface area contributed by atoms with Crippen molar-refractivity contribution in [3.05, 3.63) is 18.2 Å². The molecule has 156 valence electrons. The molecule has 4 atom stereocenters. The number of aromatic amines is 1. The maximum atomic E-state index is 12.0. The van der Waals surface area contributed by atoms with Gasteiger partial charge in [-0.25, -0.2) is 9.78 Å². The molecule has 11 heteroatoms. The van der Waals surface area contributed by atoms with Gasteiger partial charge in [0.15, 0.2) is 0 Å². The van der Waals surface area contributed by atoms with Crippen molar-refractivity contribution in [1.29, 1.82) is 0 Å². The van der Waals surface area contributed by atoms with Crippen LogP contribution in [0.1, 0.15) is 32.9 Å². The van der Waals surface area contributed by atoms with Gasteiger partial charge < -0.3 is 31.8 Å². The second-order valence-electron chi connectivity index (χ2n) is 6.60. The zero-order valence-electron chi connectivity index (χ0n) is 16.2. The Morgan fingerprint density at radius 2 is 1.89 bits per heavy atom. The van der Waals surface area contributed by atoms with Crippen LogP contribution < -0.4 is 21.7 Å². The standard InChI is InChI=1S/C17H28N6O5/c1-4-9(2)14(18)16(26)22-10(3)15(25)20-7-13(24)23-12(17(27)28)5-11-6-19-8-21-11/h6,8-10,12,14H,4-5,7,18H2,1-3H3,(H,19,21)(H,20,25)(H,22,26)(H,23,24)(H,27,28)/t9-,10-,12-,14-/m0/s1. The third kappa shape index (κ3) is 7.35. The van der Waals surface area contributed by atoms with E-state index in [1.54, 1.807) is 0 Å². The van der Waals surface area contributed by atoms with Gasteiger partial charge >= 0.3 is 5.97 Å². The molecule has 0 aliphatic heterocycles. The second-order valence-corrected chi connectivity index (χ2v) is 6.60. The first-order chi connectivity index (χ1) is 13.1. The molecule has 0 unspecified atom stereocenters. The predicted octanol–water partition coefficient (Wildman–Crippen LogP) is -1.48. The summed E-state index contributed by atoms with van der Waals surface area (Å²) in [5.74, 6) is -2.96. The summed E-state index contributed by atoms with van der Waals surface area (Å²) in [5, 5.41) is 16.4. The van der Waals surface area contributed by atoms with Gasteiger partial charge in [-0.2, -0.15) is 0 Å². The number of carboxylic acid groups (broad SMARTS) is 1. The molecule has 0 saturated carbocycles. The number of imidazole rings is 1. The van der Waals surface area contributed by atoms with Crippen molar-refractivity contribution in [2.75, 3.05) is 6.54 Å². The summed E-state index contributed by atoms with van der Waals surface area (Å²) in [7, 11) is 0. The van der Waals surface area contributed by atoms with E-state index >= 15 is 0 Å². The van der Waals surface area contributed by atoms with Crippen molar-refractivity contribution in [2.24, 2.45) is 11.7 Å². The van der Waals surface area contributed by atoms with E-state index in [1.807, 2.05) is 13.8 Å². The van der Waals surface area contributed by atoms with Gasteiger partial charge in [0, 0.05) is 18.3 Å². The molecule has 0 fully saturated rings. The minimum Gasteiger partial charge on any atom is -0.480 e. The van der Waals surface area contributed by atoms with Crippen molar-refractivity contribution < 1.29 is 24.3 Å². The molecule has 1 aromatic rings. The number of carbonyl (C=O) groups excluding carboxylic acids is 3. The fraction of sp³-hybridized carbons (Fsp3) is 0.588. The molecule has 0 aliphatic rings. The molecule has 0 radical (unpaired) electrons. The topological polar surface area (TPSA) is 179 Å². The Kier molecular flexibility index (Phi) is 9.09. The number of carbonyl (C=O) groups is 4. The summed E-state index contributed by atoms with van der Waals surface area (Å²) in [5.41, 5.74) is 6.36. The molecule has 0 spiro atoms. The molecule has 1 aromatic heterocycles. The zero-order chi connectivity index (χ0) is 21.3. The first kappa shape index (κ1) is 23.1. The Bertz CT molecular complexity index is 678. The van der Waals surface area contributed by atoms with Crippen molar-refractivity contribution in [3.8, 4) is 0 Å². The predicted molar refractivity (Wildman–Crippen MR) is 99.9 cm³/mol. The number of H-pyrrole nitrogens is 1. The molecule has 0 aromatic carbocycles. The average molecular weight is 396 g/mol. The van der Waals surface area contributed by atoms with Crippen molar-refractivity contribution >= 4 is 23.7 Å². The molecule has 11 nitrogen and oxygen atoms in total. The Morgan fingerprint density at radius 3 is 2.43 bits per heavy atom. The van der Waals surface area contributed by atoms with Crippen LogP contribution >= 0.6 is 0 Å². The number of hydrogen-bond donors (Lipinski definition) is 6. The monoisotopic (exact) mass is 396 g/mol. The summed E-state index contributed by atoms with van der Waals surface area (Å²) in [6, 6.07) is -2.80. The number of carboxylic acids is 1. The first-order valence-electron chi connectivity index (χ1n) is 8.98. The van der Waals surface area contributed by atoms with Crippen molar-refractivity contribution in [2.45, 2.75) is 51.7 Å². The quantitative estimate of drug-likeness (QED) is 0.264. The molecular formula is C17H28N6O5. The van der Waals surface area contributed by atoms with Crippen LogP contribution in [0, 0.1) is 5.92 Å². The maximum Gasteiger partial charge on any atom is 0.326 e. The van der Waals surface area contributed by atoms with Gasteiger partial charge in [-0.05, 0) is 12.8 Å². The lowest BCUT2D eigenvalue weighted by Crippen LogP contribution is -2.53. The van der Waals surface area contributed by atoms with Gasteiger partial charge in [0.1, 0.15) is 12.1 Å². The van der Waals surface area contributed by atoms with E-state index in [4.69, 9.17) is 5.73 Å². The number of amides is 3. The summed E-state index contributed by atoms with van der Waals surface area (Å²) >= 11 is 0. The third-order valence-corrected chi connectivity index (χ3v) is 4.35. The highest BCUT2D eigenvalue weighted by Crippen LogP contribution is 2.05. The largest absolute Gasteiger partial charge is 0.480 e. The summed E-state index contributed by atoms with van der Waals surface area (Å²) in [4.78, 5) is 53.8. The molecule has 1 heterocycles. The van der Waals surface area contributed by atoms with Gasteiger partial charge in [0.2, 0.25) is 17.7 Å². The smallest absolute Gasteiger partial charge is 0.326 e.